The maximum atomic E-state index is 14.1. The average Bonchev–Trinajstić information content (AvgIpc) is 3.37. The van der Waals surface area contributed by atoms with E-state index in [9.17, 15) is 29.7 Å². The second kappa shape index (κ2) is 13.7. The number of carbonyl (C=O) groups is 3. The highest BCUT2D eigenvalue weighted by Crippen LogP contribution is 2.77. The van der Waals surface area contributed by atoms with Gasteiger partial charge in [0, 0.05) is 56.5 Å². The second-order valence-corrected chi connectivity index (χ2v) is 20.4. The summed E-state index contributed by atoms with van der Waals surface area (Å²) >= 11 is 0. The van der Waals surface area contributed by atoms with Crippen LogP contribution in [0.2, 0.25) is 0 Å². The molecule has 0 aromatic rings. The first kappa shape index (κ1) is 39.9. The van der Waals surface area contributed by atoms with Gasteiger partial charge in [-0.1, -0.05) is 54.0 Å². The molecular formula is C43H70N2O7. The summed E-state index contributed by atoms with van der Waals surface area (Å²) < 4.78 is 6.17. The van der Waals surface area contributed by atoms with Crippen LogP contribution >= 0.6 is 0 Å². The van der Waals surface area contributed by atoms with Gasteiger partial charge < -0.3 is 20.1 Å². The zero-order chi connectivity index (χ0) is 38.2. The molecule has 0 spiro atoms. The van der Waals surface area contributed by atoms with Crippen LogP contribution in [0, 0.1) is 56.2 Å². The Balaban J connectivity index is 1.26. The summed E-state index contributed by atoms with van der Waals surface area (Å²) in [4.78, 5) is 43.6. The number of esters is 1. The fraction of sp³-hybridized carbons (Fsp3) is 0.884. The van der Waals surface area contributed by atoms with Crippen LogP contribution in [-0.2, 0) is 19.1 Å². The fourth-order valence-electron chi connectivity index (χ4n) is 13.7. The lowest BCUT2D eigenvalue weighted by atomic mass is 9.33. The highest BCUT2D eigenvalue weighted by Gasteiger charge is 2.71. The monoisotopic (exact) mass is 727 g/mol. The molecule has 6 aliphatic rings. The van der Waals surface area contributed by atoms with E-state index in [0.29, 0.717) is 31.3 Å². The number of hydrogen-bond donors (Lipinski definition) is 3. The van der Waals surface area contributed by atoms with Gasteiger partial charge in [0.05, 0.1) is 24.5 Å². The lowest BCUT2D eigenvalue weighted by molar-refractivity contribution is -0.235. The molecule has 294 valence electrons. The van der Waals surface area contributed by atoms with Gasteiger partial charge in [-0.05, 0) is 111 Å². The van der Waals surface area contributed by atoms with Crippen LogP contribution in [0.5, 0.6) is 0 Å². The number of aliphatic carboxylic acids is 1. The molecule has 9 atom stereocenters. The van der Waals surface area contributed by atoms with Gasteiger partial charge in [0.1, 0.15) is 6.10 Å². The van der Waals surface area contributed by atoms with E-state index in [2.05, 4.69) is 58.3 Å². The number of Topliss-reactive ketones (excluding diaryl/α,β-unsaturated/α-hetero) is 1. The Morgan fingerprint density at radius 1 is 0.885 bits per heavy atom. The molecule has 1 heterocycles. The minimum Gasteiger partial charge on any atom is -0.481 e. The van der Waals surface area contributed by atoms with Crippen LogP contribution in [-0.4, -0.2) is 101 Å². The number of rotatable bonds is 10. The highest BCUT2D eigenvalue weighted by atomic mass is 16.5. The summed E-state index contributed by atoms with van der Waals surface area (Å²) in [5.74, 6) is 0.111. The van der Waals surface area contributed by atoms with E-state index in [-0.39, 0.29) is 58.4 Å². The number of fused-ring (bicyclic) bond motifs is 7. The highest BCUT2D eigenvalue weighted by molar-refractivity contribution is 6.00. The number of ether oxygens (including phenoxy) is 1. The smallest absolute Gasteiger partial charge is 0.309 e. The average molecular weight is 727 g/mol. The van der Waals surface area contributed by atoms with Crippen molar-refractivity contribution in [2.45, 2.75) is 139 Å². The molecule has 52 heavy (non-hydrogen) atoms. The Labute approximate surface area is 313 Å². The molecule has 1 saturated heterocycles. The van der Waals surface area contributed by atoms with E-state index in [0.717, 1.165) is 83.1 Å². The Kier molecular flexibility index (Phi) is 10.5. The lowest BCUT2D eigenvalue weighted by Gasteiger charge is -2.72. The molecule has 0 aromatic carbocycles. The number of hydrogen-bond acceptors (Lipinski definition) is 8. The number of β-amino-alcohol motifs (C(OH)–C–C–N with tert-alkyl or cyclic N) is 2. The number of carboxylic acids is 1. The Bertz CT molecular complexity index is 1450. The van der Waals surface area contributed by atoms with Crippen molar-refractivity contribution >= 4 is 17.7 Å². The molecule has 6 rings (SSSR count). The van der Waals surface area contributed by atoms with Crippen molar-refractivity contribution in [3.05, 3.63) is 11.1 Å². The van der Waals surface area contributed by atoms with E-state index in [4.69, 9.17) is 4.74 Å². The van der Waals surface area contributed by atoms with Crippen LogP contribution in [0.15, 0.2) is 11.1 Å². The van der Waals surface area contributed by atoms with Gasteiger partial charge in [-0.3, -0.25) is 24.2 Å². The SMILES string of the molecule is CC(C)C1=C2[C@H]3CC[C@@H]4[C@@]5(C)CC[C@H](OC(=O)CC(C)(C)C(=O)O)C(C)(C)[C@@H]5CC[C@@]4(C)[C@]3(C)CCC2(C(O)CN2CCN(CCO)CC2)CC1=O. The molecule has 0 aromatic heterocycles. The molecule has 1 aliphatic heterocycles. The molecule has 9 nitrogen and oxygen atoms in total. The number of carbonyl (C=O) groups excluding carboxylic acids is 2. The Morgan fingerprint density at radius 3 is 2.15 bits per heavy atom. The number of allylic oxidation sites excluding steroid dienone is 1. The maximum Gasteiger partial charge on any atom is 0.309 e. The predicted molar refractivity (Wildman–Crippen MR) is 201 cm³/mol. The Hall–Kier alpha value is -1.81. The first-order chi connectivity index (χ1) is 24.2. The van der Waals surface area contributed by atoms with E-state index in [1.54, 1.807) is 13.8 Å². The van der Waals surface area contributed by atoms with Gasteiger partial charge in [-0.25, -0.2) is 0 Å². The maximum absolute atomic E-state index is 14.1. The zero-order valence-electron chi connectivity index (χ0n) is 33.9. The fourth-order valence-corrected chi connectivity index (χ4v) is 13.7. The number of ketones is 1. The summed E-state index contributed by atoms with van der Waals surface area (Å²) in [5.41, 5.74) is 0.567. The summed E-state index contributed by atoms with van der Waals surface area (Å²) in [6.45, 7) is 24.7. The van der Waals surface area contributed by atoms with E-state index in [1.807, 2.05) is 0 Å². The van der Waals surface area contributed by atoms with Gasteiger partial charge in [-0.15, -0.1) is 0 Å². The zero-order valence-corrected chi connectivity index (χ0v) is 33.9. The van der Waals surface area contributed by atoms with Crippen molar-refractivity contribution in [3.8, 4) is 0 Å². The van der Waals surface area contributed by atoms with Gasteiger partial charge >= 0.3 is 11.9 Å². The normalized spacial score (nSPS) is 40.1. The molecule has 2 unspecified atom stereocenters. The van der Waals surface area contributed by atoms with Crippen molar-refractivity contribution in [1.29, 1.82) is 0 Å². The van der Waals surface area contributed by atoms with Crippen molar-refractivity contribution < 1.29 is 34.4 Å². The molecular weight excluding hydrogens is 656 g/mol. The molecule has 0 radical (unpaired) electrons. The van der Waals surface area contributed by atoms with E-state index in [1.165, 1.54) is 5.57 Å². The third-order valence-electron chi connectivity index (χ3n) is 16.8. The van der Waals surface area contributed by atoms with Crippen LogP contribution in [0.3, 0.4) is 0 Å². The van der Waals surface area contributed by atoms with Crippen LogP contribution in [0.1, 0.15) is 127 Å². The van der Waals surface area contributed by atoms with Crippen molar-refractivity contribution in [1.82, 2.24) is 9.80 Å². The summed E-state index contributed by atoms with van der Waals surface area (Å²) in [6.07, 6.45) is 7.38. The molecule has 0 bridgehead atoms. The van der Waals surface area contributed by atoms with Crippen LogP contribution in [0.25, 0.3) is 0 Å². The molecule has 5 fully saturated rings. The first-order valence-electron chi connectivity index (χ1n) is 20.6. The minimum absolute atomic E-state index is 0.000990. The second-order valence-electron chi connectivity index (χ2n) is 20.4. The number of carboxylic acid groups (broad SMARTS) is 1. The number of aliphatic hydroxyl groups excluding tert-OH is 2. The largest absolute Gasteiger partial charge is 0.481 e. The Morgan fingerprint density at radius 2 is 1.54 bits per heavy atom. The molecule has 4 saturated carbocycles. The third kappa shape index (κ3) is 6.14. The molecule has 0 amide bonds. The van der Waals surface area contributed by atoms with Crippen LogP contribution < -0.4 is 0 Å². The number of aliphatic hydroxyl groups is 2. The van der Waals surface area contributed by atoms with Crippen LogP contribution in [0.4, 0.5) is 0 Å². The summed E-state index contributed by atoms with van der Waals surface area (Å²) in [5, 5.41) is 31.4. The summed E-state index contributed by atoms with van der Waals surface area (Å²) in [7, 11) is 0. The van der Waals surface area contributed by atoms with Gasteiger partial charge in [0.25, 0.3) is 0 Å². The third-order valence-corrected chi connectivity index (χ3v) is 16.8. The quantitative estimate of drug-likeness (QED) is 0.221. The molecule has 5 aliphatic carbocycles. The number of piperazine rings is 1. The lowest BCUT2D eigenvalue weighted by Crippen LogP contribution is -2.66. The van der Waals surface area contributed by atoms with Gasteiger partial charge in [-0.2, -0.15) is 0 Å². The molecule has 3 N–H and O–H groups in total. The van der Waals surface area contributed by atoms with Gasteiger partial charge in [0.15, 0.2) is 5.78 Å². The number of nitrogens with zero attached hydrogens (tertiary/aromatic N) is 2. The van der Waals surface area contributed by atoms with E-state index < -0.39 is 28.9 Å². The standard InChI is InChI=1S/C43H70N2O7/c1-27(2)35-29(47)24-43(32(48)26-45-20-18-44(19-21-45)22-23-46)17-16-41(8)28(36(35)43)10-11-31-40(7)14-13-33(52-34(49)25-38(3,4)37(50)51)39(5,6)30(40)12-15-42(31,41)9/h27-28,30-33,46,48H,10-26H2,1-9H3,(H,50,51)/t28-,30+,31-,32?,33+,40+,41-,42-,43?/m1/s1. The predicted octanol–water partition coefficient (Wildman–Crippen LogP) is 6.35. The topological polar surface area (TPSA) is 128 Å². The van der Waals surface area contributed by atoms with Crippen molar-refractivity contribution in [2.75, 3.05) is 45.9 Å². The first-order valence-corrected chi connectivity index (χ1v) is 20.6. The molecule has 9 heteroatoms. The van der Waals surface area contributed by atoms with Crippen molar-refractivity contribution in [2.24, 2.45) is 56.2 Å². The summed E-state index contributed by atoms with van der Waals surface area (Å²) in [6, 6.07) is 0. The van der Waals surface area contributed by atoms with Crippen molar-refractivity contribution in [3.63, 3.8) is 0 Å². The van der Waals surface area contributed by atoms with E-state index >= 15 is 0 Å². The van der Waals surface area contributed by atoms with Gasteiger partial charge in [0.2, 0.25) is 0 Å². The minimum atomic E-state index is -1.16.